The Hall–Kier alpha value is -3.59. The molecule has 2 heterocycles. The molecular weight excluding hydrogens is 596 g/mol. The Balaban J connectivity index is 2.09. The van der Waals surface area contributed by atoms with Crippen LogP contribution in [0.5, 0.6) is 0 Å². The van der Waals surface area contributed by atoms with Gasteiger partial charge < -0.3 is 42.6 Å². The highest BCUT2D eigenvalue weighted by Gasteiger charge is 2.55. The van der Waals surface area contributed by atoms with Crippen LogP contribution in [0.3, 0.4) is 0 Å². The fourth-order valence-corrected chi connectivity index (χ4v) is 5.35. The van der Waals surface area contributed by atoms with Gasteiger partial charge in [0, 0.05) is 40.5 Å². The average molecular weight is 639 g/mol. The Morgan fingerprint density at radius 1 is 0.644 bits per heavy atom. The van der Waals surface area contributed by atoms with E-state index in [9.17, 15) is 24.0 Å². The lowest BCUT2D eigenvalue weighted by molar-refractivity contribution is -0.362. The van der Waals surface area contributed by atoms with Crippen molar-refractivity contribution in [1.29, 1.82) is 0 Å². The third-order valence-electron chi connectivity index (χ3n) is 7.21. The monoisotopic (exact) mass is 638 g/mol. The highest BCUT2D eigenvalue weighted by molar-refractivity contribution is 5.68. The number of ether oxygens (including phenoxy) is 9. The summed E-state index contributed by atoms with van der Waals surface area (Å²) < 4.78 is 52.5. The standard InChI is InChI=1S/C31H42O14/c1-8-23-16(2)25(39-18(4)33)29(31(43-23)42-21(7)36)45-30-28(38-14-22-12-10-9-11-13-22)27(41-20(6)35)26(40-19(5)34)24(44-30)15-37-17(3)32/h9-13,16,23-31H,8,14-15H2,1-7H3/t16-,23+,24-,25+,26-,27+,28+,29+,30-,31+/m1/s1. The van der Waals surface area contributed by atoms with E-state index in [2.05, 4.69) is 0 Å². The van der Waals surface area contributed by atoms with Gasteiger partial charge in [-0.1, -0.05) is 44.2 Å². The molecule has 0 unspecified atom stereocenters. The van der Waals surface area contributed by atoms with E-state index in [1.807, 2.05) is 37.3 Å². The van der Waals surface area contributed by atoms with E-state index >= 15 is 0 Å². The lowest BCUT2D eigenvalue weighted by Gasteiger charge is -2.48. The molecule has 0 spiro atoms. The first-order valence-corrected chi connectivity index (χ1v) is 14.7. The first-order valence-electron chi connectivity index (χ1n) is 14.7. The van der Waals surface area contributed by atoms with Gasteiger partial charge >= 0.3 is 29.8 Å². The van der Waals surface area contributed by atoms with Crippen LogP contribution >= 0.6 is 0 Å². The summed E-state index contributed by atoms with van der Waals surface area (Å²) in [7, 11) is 0. The van der Waals surface area contributed by atoms with E-state index in [0.717, 1.165) is 12.5 Å². The summed E-state index contributed by atoms with van der Waals surface area (Å²) in [6.07, 6.45) is -10.0. The first kappa shape index (κ1) is 35.9. The summed E-state index contributed by atoms with van der Waals surface area (Å²) >= 11 is 0. The fraction of sp³-hybridized carbons (Fsp3) is 0.645. The number of hydrogen-bond acceptors (Lipinski definition) is 14. The minimum absolute atomic E-state index is 0.00980. The molecule has 0 aliphatic carbocycles. The van der Waals surface area contributed by atoms with Crippen molar-refractivity contribution in [3.8, 4) is 0 Å². The number of esters is 5. The molecule has 2 aliphatic rings. The molecular formula is C31H42O14. The molecule has 45 heavy (non-hydrogen) atoms. The maximum atomic E-state index is 12.4. The zero-order valence-corrected chi connectivity index (χ0v) is 26.5. The van der Waals surface area contributed by atoms with Gasteiger partial charge in [0.2, 0.25) is 6.29 Å². The van der Waals surface area contributed by atoms with Crippen LogP contribution in [0, 0.1) is 5.92 Å². The van der Waals surface area contributed by atoms with E-state index in [4.69, 9.17) is 42.6 Å². The molecule has 0 N–H and O–H groups in total. The van der Waals surface area contributed by atoms with E-state index in [-0.39, 0.29) is 6.61 Å². The zero-order chi connectivity index (χ0) is 33.3. The fourth-order valence-electron chi connectivity index (χ4n) is 5.35. The summed E-state index contributed by atoms with van der Waals surface area (Å²) in [5, 5.41) is 0. The van der Waals surface area contributed by atoms with E-state index in [0.29, 0.717) is 6.42 Å². The van der Waals surface area contributed by atoms with Gasteiger partial charge in [-0.25, -0.2) is 0 Å². The lowest BCUT2D eigenvalue weighted by Crippen LogP contribution is -2.65. The maximum absolute atomic E-state index is 12.4. The van der Waals surface area contributed by atoms with Crippen molar-refractivity contribution in [3.05, 3.63) is 35.9 Å². The van der Waals surface area contributed by atoms with Crippen molar-refractivity contribution in [2.75, 3.05) is 6.61 Å². The molecule has 0 bridgehead atoms. The second-order valence-electron chi connectivity index (χ2n) is 10.8. The summed E-state index contributed by atoms with van der Waals surface area (Å²) in [6, 6.07) is 9.06. The van der Waals surface area contributed by atoms with Crippen molar-refractivity contribution in [2.45, 2.75) is 117 Å². The second-order valence-corrected chi connectivity index (χ2v) is 10.8. The SMILES string of the molecule is CC[C@@H]1O[C@H](OC(C)=O)[C@@H](O[C@H]2O[C@H](COC(C)=O)[C@@H](OC(C)=O)[C@H](OC(C)=O)[C@@H]2OCc2ccccc2)[C@@H](OC(C)=O)[C@@H]1C. The third kappa shape index (κ3) is 10.2. The summed E-state index contributed by atoms with van der Waals surface area (Å²) in [6.45, 7) is 9.19. The minimum Gasteiger partial charge on any atom is -0.463 e. The second kappa shape index (κ2) is 16.6. The van der Waals surface area contributed by atoms with Gasteiger partial charge in [-0.15, -0.1) is 0 Å². The van der Waals surface area contributed by atoms with Gasteiger partial charge in [0.15, 0.2) is 24.6 Å². The van der Waals surface area contributed by atoms with Crippen molar-refractivity contribution in [1.82, 2.24) is 0 Å². The summed E-state index contributed by atoms with van der Waals surface area (Å²) in [4.78, 5) is 60.7. The number of benzene rings is 1. The van der Waals surface area contributed by atoms with Gasteiger partial charge in [0.05, 0.1) is 12.7 Å². The van der Waals surface area contributed by atoms with Gasteiger partial charge in [-0.05, 0) is 12.0 Å². The molecule has 14 nitrogen and oxygen atoms in total. The number of carbonyl (C=O) groups is 5. The van der Waals surface area contributed by atoms with Gasteiger partial charge in [0.25, 0.3) is 0 Å². The molecule has 0 radical (unpaired) electrons. The summed E-state index contributed by atoms with van der Waals surface area (Å²) in [5.74, 6) is -3.80. The number of carbonyl (C=O) groups excluding carboxylic acids is 5. The molecule has 0 amide bonds. The van der Waals surface area contributed by atoms with Crippen molar-refractivity contribution in [3.63, 3.8) is 0 Å². The topological polar surface area (TPSA) is 168 Å². The molecule has 3 rings (SSSR count). The van der Waals surface area contributed by atoms with Crippen LogP contribution in [0.15, 0.2) is 30.3 Å². The van der Waals surface area contributed by atoms with Crippen LogP contribution < -0.4 is 0 Å². The normalized spacial score (nSPS) is 31.3. The van der Waals surface area contributed by atoms with Crippen LogP contribution in [-0.4, -0.2) is 91.8 Å². The molecule has 14 heteroatoms. The van der Waals surface area contributed by atoms with Crippen LogP contribution in [0.1, 0.15) is 60.5 Å². The Kier molecular flexibility index (Phi) is 13.3. The Morgan fingerprint density at radius 2 is 1.20 bits per heavy atom. The Bertz CT molecular complexity index is 1170. The largest absolute Gasteiger partial charge is 0.463 e. The number of rotatable bonds is 12. The third-order valence-corrected chi connectivity index (χ3v) is 7.21. The van der Waals surface area contributed by atoms with Crippen LogP contribution in [-0.2, 0) is 73.2 Å². The van der Waals surface area contributed by atoms with Gasteiger partial charge in [0.1, 0.15) is 24.9 Å². The quantitative estimate of drug-likeness (QED) is 0.242. The van der Waals surface area contributed by atoms with Gasteiger partial charge in [-0.2, -0.15) is 0 Å². The average Bonchev–Trinajstić information content (AvgIpc) is 2.95. The van der Waals surface area contributed by atoms with E-state index in [1.54, 1.807) is 6.92 Å². The van der Waals surface area contributed by atoms with E-state index < -0.39 is 97.7 Å². The Morgan fingerprint density at radius 3 is 1.76 bits per heavy atom. The molecule has 10 atom stereocenters. The van der Waals surface area contributed by atoms with Crippen LogP contribution in [0.25, 0.3) is 0 Å². The van der Waals surface area contributed by atoms with Crippen LogP contribution in [0.4, 0.5) is 0 Å². The smallest absolute Gasteiger partial charge is 0.305 e. The van der Waals surface area contributed by atoms with Crippen molar-refractivity contribution in [2.24, 2.45) is 5.92 Å². The van der Waals surface area contributed by atoms with Crippen LogP contribution in [0.2, 0.25) is 0 Å². The predicted molar refractivity (Wildman–Crippen MR) is 152 cm³/mol. The molecule has 2 aliphatic heterocycles. The number of hydrogen-bond donors (Lipinski definition) is 0. The highest BCUT2D eigenvalue weighted by Crippen LogP contribution is 2.37. The maximum Gasteiger partial charge on any atom is 0.305 e. The summed E-state index contributed by atoms with van der Waals surface area (Å²) in [5.41, 5.74) is 0.750. The molecule has 0 saturated carbocycles. The zero-order valence-electron chi connectivity index (χ0n) is 26.5. The molecule has 250 valence electrons. The first-order chi connectivity index (χ1) is 21.3. The van der Waals surface area contributed by atoms with Crippen molar-refractivity contribution < 1.29 is 66.6 Å². The molecule has 0 aromatic heterocycles. The lowest BCUT2D eigenvalue weighted by atomic mass is 9.88. The van der Waals surface area contributed by atoms with Gasteiger partial charge in [-0.3, -0.25) is 24.0 Å². The minimum atomic E-state index is -1.44. The predicted octanol–water partition coefficient (Wildman–Crippen LogP) is 2.37. The molecule has 2 saturated heterocycles. The molecule has 1 aromatic rings. The Labute approximate surface area is 261 Å². The molecule has 2 fully saturated rings. The van der Waals surface area contributed by atoms with E-state index in [1.165, 1.54) is 27.7 Å². The van der Waals surface area contributed by atoms with Crippen molar-refractivity contribution >= 4 is 29.8 Å². The molecule has 1 aromatic carbocycles. The highest BCUT2D eigenvalue weighted by atomic mass is 16.8.